The van der Waals surface area contributed by atoms with Gasteiger partial charge in [0.05, 0.1) is 11.0 Å². The minimum atomic E-state index is 0.495. The van der Waals surface area contributed by atoms with Crippen molar-refractivity contribution >= 4 is 22.3 Å². The van der Waals surface area contributed by atoms with E-state index in [2.05, 4.69) is 70.8 Å². The number of fused-ring (bicyclic) bond motifs is 3. The summed E-state index contributed by atoms with van der Waals surface area (Å²) < 4.78 is 0. The summed E-state index contributed by atoms with van der Waals surface area (Å²) in [4.78, 5) is 13.2. The number of aliphatic imine (C=N–C) groups is 1. The predicted octanol–water partition coefficient (Wildman–Crippen LogP) is 5.41. The van der Waals surface area contributed by atoms with Crippen LogP contribution in [0.1, 0.15) is 67.0 Å². The van der Waals surface area contributed by atoms with Crippen LogP contribution in [0.2, 0.25) is 0 Å². The largest absolute Gasteiger partial charge is 0.342 e. The van der Waals surface area contributed by atoms with Crippen LogP contribution in [0.25, 0.3) is 16.6 Å². The molecule has 168 valence electrons. The predicted molar refractivity (Wildman–Crippen MR) is 136 cm³/mol. The highest BCUT2D eigenvalue weighted by atomic mass is 15.1. The Labute approximate surface area is 200 Å². The van der Waals surface area contributed by atoms with E-state index in [0.29, 0.717) is 12.0 Å². The second-order valence-electron chi connectivity index (χ2n) is 11.1. The van der Waals surface area contributed by atoms with Crippen molar-refractivity contribution in [1.29, 1.82) is 0 Å². The SMILES string of the molecule is C(#Cc1ccc2nc(C3C[C@@H]4C[C@@H]4C3)[nH]c2c1)c1ccc(C2=CN=C([C@@H]3C[C@H]4C[C@H]4N3)C2)cc1. The molecule has 1 aromatic heterocycles. The fourth-order valence-corrected chi connectivity index (χ4v) is 6.56. The lowest BCUT2D eigenvalue weighted by Gasteiger charge is -2.13. The third kappa shape index (κ3) is 3.34. The van der Waals surface area contributed by atoms with E-state index in [-0.39, 0.29) is 0 Å². The van der Waals surface area contributed by atoms with Crippen molar-refractivity contribution in [2.45, 2.75) is 56.5 Å². The molecule has 2 N–H and O–H groups in total. The monoisotopic (exact) mass is 444 g/mol. The van der Waals surface area contributed by atoms with Gasteiger partial charge in [0.15, 0.2) is 0 Å². The van der Waals surface area contributed by atoms with Crippen molar-refractivity contribution in [3.05, 3.63) is 71.2 Å². The minimum absolute atomic E-state index is 0.495. The Morgan fingerprint density at radius 1 is 0.824 bits per heavy atom. The molecule has 2 aliphatic heterocycles. The van der Waals surface area contributed by atoms with Gasteiger partial charge in [0, 0.05) is 47.5 Å². The summed E-state index contributed by atoms with van der Waals surface area (Å²) in [6, 6.07) is 16.2. The van der Waals surface area contributed by atoms with E-state index >= 15 is 0 Å². The number of benzene rings is 2. The Morgan fingerprint density at radius 3 is 2.47 bits per heavy atom. The minimum Gasteiger partial charge on any atom is -0.342 e. The molecular formula is C30H28N4. The van der Waals surface area contributed by atoms with Gasteiger partial charge in [-0.25, -0.2) is 4.98 Å². The standard InChI is InChI=1S/C30H28N4/c1(2-18-5-8-25-28(9-18)34-30(33-25)23-11-20-10-21(20)12-23)17-3-6-19(7-4-17)24-15-27(31-16-24)29-14-22-13-26(22)32-29/h3-9,16,20-23,26,29,32H,10-15H2,(H,33,34)/t20-,21+,22-,23?,26-,29+/m1/s1. The molecule has 0 spiro atoms. The van der Waals surface area contributed by atoms with Crippen molar-refractivity contribution in [2.75, 3.05) is 0 Å². The van der Waals surface area contributed by atoms with E-state index in [1.165, 1.54) is 54.8 Å². The lowest BCUT2D eigenvalue weighted by Crippen LogP contribution is -2.33. The van der Waals surface area contributed by atoms with Crippen LogP contribution in [0.15, 0.2) is 53.7 Å². The first kappa shape index (κ1) is 19.2. The van der Waals surface area contributed by atoms with Gasteiger partial charge in [-0.3, -0.25) is 4.99 Å². The van der Waals surface area contributed by atoms with E-state index in [9.17, 15) is 0 Å². The number of H-pyrrole nitrogens is 1. The average Bonchev–Trinajstić information content (AvgIpc) is 3.46. The number of hydrogen-bond acceptors (Lipinski definition) is 3. The molecule has 6 atom stereocenters. The summed E-state index contributed by atoms with van der Waals surface area (Å²) in [5.41, 5.74) is 8.11. The van der Waals surface area contributed by atoms with Gasteiger partial charge in [-0.1, -0.05) is 24.0 Å². The Bertz CT molecular complexity index is 1410. The van der Waals surface area contributed by atoms with Crippen LogP contribution in [-0.4, -0.2) is 27.8 Å². The van der Waals surface area contributed by atoms with Gasteiger partial charge < -0.3 is 10.3 Å². The average molecular weight is 445 g/mol. The Balaban J connectivity index is 0.950. The molecule has 1 unspecified atom stereocenters. The van der Waals surface area contributed by atoms with E-state index in [4.69, 9.17) is 9.98 Å². The fourth-order valence-electron chi connectivity index (χ4n) is 6.56. The van der Waals surface area contributed by atoms with Gasteiger partial charge in [0.25, 0.3) is 0 Å². The van der Waals surface area contributed by atoms with Crippen LogP contribution in [0, 0.1) is 29.6 Å². The first-order valence-electron chi connectivity index (χ1n) is 12.9. The quantitative estimate of drug-likeness (QED) is 0.531. The lowest BCUT2D eigenvalue weighted by molar-refractivity contribution is 0.597. The maximum Gasteiger partial charge on any atom is 0.110 e. The van der Waals surface area contributed by atoms with Crippen molar-refractivity contribution in [3.8, 4) is 11.8 Å². The van der Waals surface area contributed by atoms with Crippen LogP contribution in [0.4, 0.5) is 0 Å². The summed E-state index contributed by atoms with van der Waals surface area (Å²) in [5, 5.41) is 3.72. The molecule has 4 fully saturated rings. The molecule has 8 rings (SSSR count). The first-order chi connectivity index (χ1) is 16.7. The second kappa shape index (κ2) is 7.17. The zero-order chi connectivity index (χ0) is 22.2. The van der Waals surface area contributed by atoms with E-state index < -0.39 is 0 Å². The molecular weight excluding hydrogens is 416 g/mol. The summed E-state index contributed by atoms with van der Waals surface area (Å²) in [6.07, 6.45) is 9.74. The van der Waals surface area contributed by atoms with Crippen LogP contribution < -0.4 is 5.32 Å². The van der Waals surface area contributed by atoms with Crippen LogP contribution in [0.3, 0.4) is 0 Å². The number of aromatic amines is 1. The number of aromatic nitrogens is 2. The molecule has 3 saturated carbocycles. The molecule has 0 radical (unpaired) electrons. The number of hydrogen-bond donors (Lipinski definition) is 2. The Kier molecular flexibility index (Phi) is 4.04. The molecule has 0 amide bonds. The van der Waals surface area contributed by atoms with Gasteiger partial charge in [-0.05, 0) is 91.3 Å². The normalized spacial score (nSPS) is 32.6. The van der Waals surface area contributed by atoms with Gasteiger partial charge in [0.1, 0.15) is 5.82 Å². The zero-order valence-corrected chi connectivity index (χ0v) is 19.2. The highest BCUT2D eigenvalue weighted by molar-refractivity contribution is 6.01. The van der Waals surface area contributed by atoms with Gasteiger partial charge >= 0.3 is 0 Å². The number of nitrogens with zero attached hydrogens (tertiary/aromatic N) is 2. The molecule has 3 aliphatic carbocycles. The fraction of sp³-hybridized carbons (Fsp3) is 0.400. The molecule has 4 nitrogen and oxygen atoms in total. The number of imidazole rings is 1. The molecule has 1 saturated heterocycles. The van der Waals surface area contributed by atoms with Gasteiger partial charge in [-0.15, -0.1) is 0 Å². The van der Waals surface area contributed by atoms with E-state index in [0.717, 1.165) is 52.4 Å². The van der Waals surface area contributed by atoms with Crippen LogP contribution >= 0.6 is 0 Å². The van der Waals surface area contributed by atoms with E-state index in [1.807, 2.05) is 0 Å². The third-order valence-electron chi connectivity index (χ3n) is 8.77. The summed E-state index contributed by atoms with van der Waals surface area (Å²) in [7, 11) is 0. The third-order valence-corrected chi connectivity index (χ3v) is 8.77. The maximum absolute atomic E-state index is 4.87. The number of rotatable bonds is 3. The van der Waals surface area contributed by atoms with Crippen molar-refractivity contribution in [3.63, 3.8) is 0 Å². The molecule has 5 aliphatic rings. The number of allylic oxidation sites excluding steroid dienone is 1. The highest BCUT2D eigenvalue weighted by Crippen LogP contribution is 2.57. The molecule has 0 bridgehead atoms. The van der Waals surface area contributed by atoms with Gasteiger partial charge in [-0.2, -0.15) is 0 Å². The first-order valence-corrected chi connectivity index (χ1v) is 12.9. The Morgan fingerprint density at radius 2 is 1.65 bits per heavy atom. The second-order valence-corrected chi connectivity index (χ2v) is 11.1. The number of piperidine rings is 1. The van der Waals surface area contributed by atoms with Crippen molar-refractivity contribution < 1.29 is 0 Å². The van der Waals surface area contributed by atoms with Gasteiger partial charge in [0.2, 0.25) is 0 Å². The zero-order valence-electron chi connectivity index (χ0n) is 19.2. The van der Waals surface area contributed by atoms with Crippen molar-refractivity contribution in [1.82, 2.24) is 15.3 Å². The smallest absolute Gasteiger partial charge is 0.110 e. The molecule has 2 aromatic carbocycles. The molecule has 4 heteroatoms. The summed E-state index contributed by atoms with van der Waals surface area (Å²) in [5.74, 6) is 11.3. The number of nitrogens with one attached hydrogen (secondary N) is 2. The molecule has 34 heavy (non-hydrogen) atoms. The van der Waals surface area contributed by atoms with E-state index in [1.54, 1.807) is 0 Å². The Hall–Kier alpha value is -3.16. The summed E-state index contributed by atoms with van der Waals surface area (Å²) in [6.45, 7) is 0. The topological polar surface area (TPSA) is 53.1 Å². The molecule has 3 heterocycles. The van der Waals surface area contributed by atoms with Crippen LogP contribution in [-0.2, 0) is 0 Å². The maximum atomic E-state index is 4.87. The van der Waals surface area contributed by atoms with Crippen molar-refractivity contribution in [2.24, 2.45) is 22.7 Å². The van der Waals surface area contributed by atoms with Crippen LogP contribution in [0.5, 0.6) is 0 Å². The molecule has 3 aromatic rings. The lowest BCUT2D eigenvalue weighted by atomic mass is 9.97. The highest BCUT2D eigenvalue weighted by Gasteiger charge is 2.47. The summed E-state index contributed by atoms with van der Waals surface area (Å²) >= 11 is 0.